The predicted molar refractivity (Wildman–Crippen MR) is 119 cm³/mol. The van der Waals surface area contributed by atoms with E-state index < -0.39 is 40.3 Å². The fraction of sp³-hybridized carbons (Fsp3) is 0.429. The number of amides is 1. The van der Waals surface area contributed by atoms with Crippen LogP contribution in [0.2, 0.25) is 0 Å². The lowest BCUT2D eigenvalue weighted by Gasteiger charge is -2.18. The predicted octanol–water partition coefficient (Wildman–Crippen LogP) is 3.20. The van der Waals surface area contributed by atoms with Gasteiger partial charge in [-0.2, -0.15) is 0 Å². The molecule has 0 aliphatic heterocycles. The van der Waals surface area contributed by atoms with Crippen molar-refractivity contribution < 1.29 is 41.5 Å². The number of esters is 2. The Hall–Kier alpha value is -3.61. The second-order valence-corrected chi connectivity index (χ2v) is 9.11. The first kappa shape index (κ1) is 26.6. The molecule has 0 aliphatic rings. The van der Waals surface area contributed by atoms with Gasteiger partial charge in [-0.05, 0) is 37.6 Å². The molecule has 0 fully saturated rings. The molecular formula is C21H27N3O9S. The monoisotopic (exact) mass is 497 g/mol. The maximum atomic E-state index is 12.4. The summed E-state index contributed by atoms with van der Waals surface area (Å²) in [5.41, 5.74) is 0.162. The number of rotatable bonds is 11. The van der Waals surface area contributed by atoms with E-state index in [0.717, 1.165) is 6.42 Å². The van der Waals surface area contributed by atoms with E-state index in [9.17, 15) is 22.8 Å². The number of benzene rings is 1. The van der Waals surface area contributed by atoms with E-state index in [1.54, 1.807) is 20.8 Å². The van der Waals surface area contributed by atoms with Crippen LogP contribution in [0.15, 0.2) is 39.8 Å². The van der Waals surface area contributed by atoms with Crippen LogP contribution >= 0.6 is 0 Å². The van der Waals surface area contributed by atoms with Crippen molar-refractivity contribution in [2.24, 2.45) is 5.92 Å². The molecule has 1 amide bonds. The summed E-state index contributed by atoms with van der Waals surface area (Å²) < 4.78 is 46.8. The van der Waals surface area contributed by atoms with Gasteiger partial charge in [0.05, 0.1) is 17.4 Å². The number of nitrogens with one attached hydrogen (secondary N) is 2. The molecule has 1 aromatic carbocycles. The molecule has 1 aromatic heterocycles. The van der Waals surface area contributed by atoms with Crippen molar-refractivity contribution in [1.29, 1.82) is 0 Å². The molecule has 12 nitrogen and oxygen atoms in total. The first-order valence-electron chi connectivity index (χ1n) is 10.4. The standard InChI is InChI=1S/C21H27N3O9S/c1-5-6-11-30-19(26)20(31-18(25)13(2)3)32-21(27)22-15-7-9-16(10-8-15)34(28,29)24-17-12-14(4)33-23-17/h7-10,12-13,20H,5-6,11H2,1-4H3,(H,22,27)(H,23,24). The van der Waals surface area contributed by atoms with Gasteiger partial charge in [-0.1, -0.05) is 32.3 Å². The zero-order valence-electron chi connectivity index (χ0n) is 19.2. The molecule has 34 heavy (non-hydrogen) atoms. The SMILES string of the molecule is CCCCOC(=O)C(OC(=O)Nc1ccc(S(=O)(=O)Nc2cc(C)on2)cc1)OC(=O)C(C)C. The Morgan fingerprint density at radius 3 is 2.32 bits per heavy atom. The van der Waals surface area contributed by atoms with Crippen molar-refractivity contribution in [2.45, 2.75) is 51.7 Å². The maximum Gasteiger partial charge on any atom is 0.415 e. The average molecular weight is 498 g/mol. The third-order valence-corrected chi connectivity index (χ3v) is 5.49. The highest BCUT2D eigenvalue weighted by Gasteiger charge is 2.30. The van der Waals surface area contributed by atoms with Gasteiger partial charge in [0.15, 0.2) is 5.82 Å². The second-order valence-electron chi connectivity index (χ2n) is 7.43. The minimum absolute atomic E-state index is 0.0242. The lowest BCUT2D eigenvalue weighted by atomic mass is 10.2. The van der Waals surface area contributed by atoms with Crippen molar-refractivity contribution in [3.8, 4) is 0 Å². The summed E-state index contributed by atoms with van der Waals surface area (Å²) >= 11 is 0. The van der Waals surface area contributed by atoms with Crippen LogP contribution in [-0.4, -0.2) is 44.5 Å². The number of carbonyl (C=O) groups is 3. The van der Waals surface area contributed by atoms with E-state index in [4.69, 9.17) is 18.7 Å². The fourth-order valence-corrected chi connectivity index (χ4v) is 3.30. The van der Waals surface area contributed by atoms with Gasteiger partial charge < -0.3 is 18.7 Å². The van der Waals surface area contributed by atoms with Crippen LogP contribution in [0.4, 0.5) is 16.3 Å². The number of sulfonamides is 1. The molecule has 0 saturated heterocycles. The topological polar surface area (TPSA) is 163 Å². The number of anilines is 2. The van der Waals surface area contributed by atoms with E-state index in [2.05, 4.69) is 15.2 Å². The molecule has 0 saturated carbocycles. The molecule has 1 heterocycles. The molecule has 186 valence electrons. The molecule has 2 N–H and O–H groups in total. The van der Waals surface area contributed by atoms with Gasteiger partial charge >= 0.3 is 24.3 Å². The number of nitrogens with zero attached hydrogens (tertiary/aromatic N) is 1. The Morgan fingerprint density at radius 2 is 1.76 bits per heavy atom. The van der Waals surface area contributed by atoms with E-state index in [-0.39, 0.29) is 23.0 Å². The number of ether oxygens (including phenoxy) is 3. The fourth-order valence-electron chi connectivity index (χ4n) is 2.32. The Labute approximate surface area is 197 Å². The normalized spacial score (nSPS) is 12.0. The summed E-state index contributed by atoms with van der Waals surface area (Å²) in [4.78, 5) is 36.2. The van der Waals surface area contributed by atoms with Gasteiger partial charge in [-0.15, -0.1) is 0 Å². The summed E-state index contributed by atoms with van der Waals surface area (Å²) in [6.45, 7) is 6.69. The molecule has 1 unspecified atom stereocenters. The number of unbranched alkanes of at least 4 members (excludes halogenated alkanes) is 1. The quantitative estimate of drug-likeness (QED) is 0.268. The molecular weight excluding hydrogens is 470 g/mol. The number of carbonyl (C=O) groups excluding carboxylic acids is 3. The Morgan fingerprint density at radius 1 is 1.09 bits per heavy atom. The van der Waals surface area contributed by atoms with Crippen molar-refractivity contribution >= 4 is 39.6 Å². The van der Waals surface area contributed by atoms with Crippen LogP contribution in [0, 0.1) is 12.8 Å². The molecule has 1 atom stereocenters. The lowest BCUT2D eigenvalue weighted by molar-refractivity contribution is -0.192. The van der Waals surface area contributed by atoms with Crippen molar-refractivity contribution in [3.05, 3.63) is 36.1 Å². The molecule has 13 heteroatoms. The highest BCUT2D eigenvalue weighted by molar-refractivity contribution is 7.92. The second kappa shape index (κ2) is 12.0. The van der Waals surface area contributed by atoms with Crippen molar-refractivity contribution in [3.63, 3.8) is 0 Å². The van der Waals surface area contributed by atoms with Crippen LogP contribution in [0.25, 0.3) is 0 Å². The van der Waals surface area contributed by atoms with Gasteiger partial charge in [0.2, 0.25) is 0 Å². The van der Waals surface area contributed by atoms with E-state index >= 15 is 0 Å². The van der Waals surface area contributed by atoms with Gasteiger partial charge in [0.1, 0.15) is 5.76 Å². The summed E-state index contributed by atoms with van der Waals surface area (Å²) in [5.74, 6) is -1.89. The number of aromatic nitrogens is 1. The summed E-state index contributed by atoms with van der Waals surface area (Å²) in [7, 11) is -3.94. The van der Waals surface area contributed by atoms with Crippen molar-refractivity contribution in [1.82, 2.24) is 5.16 Å². The van der Waals surface area contributed by atoms with Gasteiger partial charge in [-0.3, -0.25) is 14.8 Å². The van der Waals surface area contributed by atoms with Crippen LogP contribution in [0.1, 0.15) is 39.4 Å². The van der Waals surface area contributed by atoms with E-state index in [1.807, 2.05) is 6.92 Å². The maximum absolute atomic E-state index is 12.4. The van der Waals surface area contributed by atoms with Crippen LogP contribution in [-0.2, 0) is 33.8 Å². The van der Waals surface area contributed by atoms with Gasteiger partial charge in [0, 0.05) is 11.8 Å². The number of hydrogen-bond donors (Lipinski definition) is 2. The van der Waals surface area contributed by atoms with Crippen LogP contribution in [0.5, 0.6) is 0 Å². The summed E-state index contributed by atoms with van der Waals surface area (Å²) in [5, 5.41) is 5.89. The Balaban J connectivity index is 2.02. The Bertz CT molecular complexity index is 1090. The highest BCUT2D eigenvalue weighted by Crippen LogP contribution is 2.18. The molecule has 0 spiro atoms. The molecule has 2 rings (SSSR count). The zero-order valence-corrected chi connectivity index (χ0v) is 20.0. The highest BCUT2D eigenvalue weighted by atomic mass is 32.2. The molecule has 2 aromatic rings. The van der Waals surface area contributed by atoms with Crippen molar-refractivity contribution in [2.75, 3.05) is 16.6 Å². The lowest BCUT2D eigenvalue weighted by Crippen LogP contribution is -2.36. The first-order valence-corrected chi connectivity index (χ1v) is 11.9. The molecule has 0 bridgehead atoms. The minimum atomic E-state index is -3.94. The number of hydrogen-bond acceptors (Lipinski definition) is 10. The summed E-state index contributed by atoms with van der Waals surface area (Å²) in [6, 6.07) is 6.50. The van der Waals surface area contributed by atoms with E-state index in [1.165, 1.54) is 30.3 Å². The van der Waals surface area contributed by atoms with Crippen LogP contribution in [0.3, 0.4) is 0 Å². The molecule has 0 aliphatic carbocycles. The summed E-state index contributed by atoms with van der Waals surface area (Å²) in [6.07, 6.45) is -1.64. The number of aryl methyl sites for hydroxylation is 1. The minimum Gasteiger partial charge on any atom is -0.460 e. The largest absolute Gasteiger partial charge is 0.460 e. The van der Waals surface area contributed by atoms with Gasteiger partial charge in [-0.25, -0.2) is 18.0 Å². The third kappa shape index (κ3) is 8.06. The third-order valence-electron chi connectivity index (χ3n) is 4.12. The molecule has 0 radical (unpaired) electrons. The van der Waals surface area contributed by atoms with E-state index in [0.29, 0.717) is 12.2 Å². The zero-order chi connectivity index (χ0) is 25.3. The van der Waals surface area contributed by atoms with Gasteiger partial charge in [0.25, 0.3) is 10.0 Å². The average Bonchev–Trinajstić information content (AvgIpc) is 3.17. The van der Waals surface area contributed by atoms with Crippen LogP contribution < -0.4 is 10.0 Å². The smallest absolute Gasteiger partial charge is 0.415 e. The Kier molecular flexibility index (Phi) is 9.42. The first-order chi connectivity index (χ1) is 16.0.